The molecule has 0 saturated carbocycles. The molecule has 0 N–H and O–H groups in total. The molecule has 0 aromatic rings. The van der Waals surface area contributed by atoms with Crippen molar-refractivity contribution < 1.29 is 9.22 Å². The molecule has 1 rings (SSSR count). The minimum absolute atomic E-state index is 0.937. The number of unbranched alkanes of at least 4 members (excludes halogenated alkanes) is 1. The number of likely N-dealkylation sites (tertiary alicyclic amines) is 1. The van der Waals surface area contributed by atoms with Gasteiger partial charge in [0.1, 0.15) is 0 Å². The van der Waals surface area contributed by atoms with Gasteiger partial charge < -0.3 is 14.6 Å². The Bertz CT molecular complexity index is 209. The zero-order valence-electron chi connectivity index (χ0n) is 11.3. The average Bonchev–Trinajstić information content (AvgIpc) is 2.77. The average molecular weight is 258 g/mol. The first-order valence-corrected chi connectivity index (χ1v) is 7.09. The van der Waals surface area contributed by atoms with Crippen LogP contribution in [0.3, 0.4) is 0 Å². The van der Waals surface area contributed by atoms with Gasteiger partial charge in [0.05, 0.1) is 26.2 Å². The Kier molecular flexibility index (Phi) is 10.7. The summed E-state index contributed by atoms with van der Waals surface area (Å²) < 4.78 is 6.98. The normalized spacial score (nSPS) is 17.1. The fourth-order valence-electron chi connectivity index (χ4n) is 2.32. The van der Waals surface area contributed by atoms with E-state index in [1.165, 1.54) is 55.0 Å². The number of hydrogen-bond donors (Lipinski definition) is 0. The molecule has 1 saturated heterocycles. The van der Waals surface area contributed by atoms with Gasteiger partial charge >= 0.3 is 0 Å². The highest BCUT2D eigenvalue weighted by Crippen LogP contribution is 2.20. The van der Waals surface area contributed by atoms with Crippen molar-refractivity contribution in [3.8, 4) is 0 Å². The van der Waals surface area contributed by atoms with E-state index in [9.17, 15) is 0 Å². The number of isothiocyanates is 1. The summed E-state index contributed by atoms with van der Waals surface area (Å²) in [5.74, 6) is 0. The smallest absolute Gasteiger partial charge is 0.183 e. The maximum Gasteiger partial charge on any atom is 0.183 e. The van der Waals surface area contributed by atoms with Crippen LogP contribution in [0.25, 0.3) is 5.41 Å². The molecule has 0 bridgehead atoms. The van der Waals surface area contributed by atoms with E-state index in [0.29, 0.717) is 0 Å². The van der Waals surface area contributed by atoms with Crippen LogP contribution in [0.1, 0.15) is 46.0 Å². The van der Waals surface area contributed by atoms with Crippen LogP contribution in [0, 0.1) is 0 Å². The van der Waals surface area contributed by atoms with Crippen LogP contribution < -0.4 is 0 Å². The molecular formula is C13H26N2OS. The van der Waals surface area contributed by atoms with E-state index >= 15 is 0 Å². The summed E-state index contributed by atoms with van der Waals surface area (Å²) in [4.78, 5) is 0. The van der Waals surface area contributed by atoms with Gasteiger partial charge in [-0.1, -0.05) is 32.5 Å². The van der Waals surface area contributed by atoms with Gasteiger partial charge in [-0.05, 0) is 12.8 Å². The summed E-state index contributed by atoms with van der Waals surface area (Å²) in [6.07, 6.45) is 6.62. The molecule has 1 fully saturated rings. The van der Waals surface area contributed by atoms with Crippen LogP contribution in [0.15, 0.2) is 0 Å². The highest BCUT2D eigenvalue weighted by Gasteiger charge is 2.31. The Labute approximate surface area is 111 Å². The van der Waals surface area contributed by atoms with Crippen molar-refractivity contribution in [2.24, 2.45) is 0 Å². The Hall–Kier alpha value is -0.280. The third kappa shape index (κ3) is 7.61. The fraction of sp³-hybridized carbons (Fsp3) is 0.923. The van der Waals surface area contributed by atoms with Crippen molar-refractivity contribution >= 4 is 17.4 Å². The SMILES string of the molecule is CCCC[N+]1(COCCC)CCCC1.[N-]=C=S. The van der Waals surface area contributed by atoms with Crippen LogP contribution in [0.5, 0.6) is 0 Å². The summed E-state index contributed by atoms with van der Waals surface area (Å²) in [5.41, 5.74) is 0. The number of rotatable bonds is 7. The van der Waals surface area contributed by atoms with Crippen LogP contribution >= 0.6 is 12.2 Å². The standard InChI is InChI=1S/C12H26NO.CNS/c1-3-5-8-13(9-6-7-10-13)12-14-11-4-2;2-1-3/h3-12H2,1-2H3;/q+1;-1. The first kappa shape index (κ1) is 16.7. The Morgan fingerprint density at radius 2 is 1.82 bits per heavy atom. The van der Waals surface area contributed by atoms with Gasteiger partial charge in [0.2, 0.25) is 0 Å². The van der Waals surface area contributed by atoms with Crippen LogP contribution in [-0.4, -0.2) is 42.6 Å². The summed E-state index contributed by atoms with van der Waals surface area (Å²) in [5, 5.41) is 8.47. The molecule has 0 aromatic carbocycles. The summed E-state index contributed by atoms with van der Waals surface area (Å²) in [7, 11) is 0. The van der Waals surface area contributed by atoms with Gasteiger partial charge in [0.15, 0.2) is 6.73 Å². The molecule has 1 heterocycles. The van der Waals surface area contributed by atoms with Crippen molar-refractivity contribution in [3.05, 3.63) is 5.41 Å². The largest absolute Gasteiger partial charge is 0.753 e. The molecule has 100 valence electrons. The van der Waals surface area contributed by atoms with Crippen molar-refractivity contribution in [2.75, 3.05) is 33.0 Å². The molecule has 0 unspecified atom stereocenters. The van der Waals surface area contributed by atoms with Gasteiger partial charge in [-0.2, -0.15) is 5.16 Å². The molecule has 4 heteroatoms. The molecular weight excluding hydrogens is 232 g/mol. The highest BCUT2D eigenvalue weighted by atomic mass is 32.1. The van der Waals surface area contributed by atoms with E-state index in [2.05, 4.69) is 26.1 Å². The van der Waals surface area contributed by atoms with E-state index in [-0.39, 0.29) is 0 Å². The highest BCUT2D eigenvalue weighted by molar-refractivity contribution is 7.78. The lowest BCUT2D eigenvalue weighted by atomic mass is 10.3. The molecule has 1 aliphatic heterocycles. The predicted molar refractivity (Wildman–Crippen MR) is 76.1 cm³/mol. The monoisotopic (exact) mass is 258 g/mol. The number of nitrogens with zero attached hydrogens (tertiary/aromatic N) is 2. The molecule has 0 aromatic heterocycles. The molecule has 0 aliphatic carbocycles. The predicted octanol–water partition coefficient (Wildman–Crippen LogP) is 3.44. The third-order valence-electron chi connectivity index (χ3n) is 3.21. The Balaban J connectivity index is 0.000000770. The molecule has 0 amide bonds. The van der Waals surface area contributed by atoms with Gasteiger partial charge in [-0.3, -0.25) is 0 Å². The first-order valence-electron chi connectivity index (χ1n) is 6.68. The van der Waals surface area contributed by atoms with Gasteiger partial charge in [0, 0.05) is 12.8 Å². The van der Waals surface area contributed by atoms with Crippen LogP contribution in [0.2, 0.25) is 0 Å². The van der Waals surface area contributed by atoms with Crippen molar-refractivity contribution in [2.45, 2.75) is 46.0 Å². The molecule has 3 nitrogen and oxygen atoms in total. The molecule has 0 atom stereocenters. The quantitative estimate of drug-likeness (QED) is 0.303. The van der Waals surface area contributed by atoms with E-state index in [1.54, 1.807) is 0 Å². The van der Waals surface area contributed by atoms with E-state index in [4.69, 9.17) is 10.1 Å². The first-order chi connectivity index (χ1) is 8.24. The Morgan fingerprint density at radius 3 is 2.29 bits per heavy atom. The van der Waals surface area contributed by atoms with Gasteiger partial charge in [0.25, 0.3) is 0 Å². The van der Waals surface area contributed by atoms with Gasteiger partial charge in [-0.25, -0.2) is 0 Å². The lowest BCUT2D eigenvalue weighted by Gasteiger charge is -2.33. The third-order valence-corrected chi connectivity index (χ3v) is 3.21. The second kappa shape index (κ2) is 10.8. The summed E-state index contributed by atoms with van der Waals surface area (Å²) in [6.45, 7) is 10.4. The van der Waals surface area contributed by atoms with Crippen LogP contribution in [0.4, 0.5) is 0 Å². The van der Waals surface area contributed by atoms with Crippen LogP contribution in [-0.2, 0) is 4.74 Å². The van der Waals surface area contributed by atoms with E-state index < -0.39 is 0 Å². The number of thiocarbonyl (C=S) groups is 1. The fourth-order valence-corrected chi connectivity index (χ4v) is 2.32. The summed E-state index contributed by atoms with van der Waals surface area (Å²) in [6, 6.07) is 0. The molecule has 1 aliphatic rings. The lowest BCUT2D eigenvalue weighted by Crippen LogP contribution is -2.47. The lowest BCUT2D eigenvalue weighted by molar-refractivity contribution is -0.935. The van der Waals surface area contributed by atoms with Crippen molar-refractivity contribution in [1.29, 1.82) is 0 Å². The Morgan fingerprint density at radius 1 is 1.24 bits per heavy atom. The topological polar surface area (TPSA) is 31.5 Å². The second-order valence-electron chi connectivity index (χ2n) is 4.70. The molecule has 0 radical (unpaired) electrons. The van der Waals surface area contributed by atoms with E-state index in [0.717, 1.165) is 19.8 Å². The second-order valence-corrected chi connectivity index (χ2v) is 4.88. The number of ether oxygens (including phenoxy) is 1. The number of hydrogen-bond acceptors (Lipinski definition) is 2. The molecule has 17 heavy (non-hydrogen) atoms. The number of quaternary nitrogens is 1. The minimum Gasteiger partial charge on any atom is -0.753 e. The maximum atomic E-state index is 7.13. The van der Waals surface area contributed by atoms with E-state index in [1.807, 2.05) is 0 Å². The zero-order chi connectivity index (χ0) is 13.0. The van der Waals surface area contributed by atoms with Gasteiger partial charge in [-0.15, -0.1) is 0 Å². The zero-order valence-corrected chi connectivity index (χ0v) is 12.1. The summed E-state index contributed by atoms with van der Waals surface area (Å²) >= 11 is 3.70. The van der Waals surface area contributed by atoms with Crippen molar-refractivity contribution in [3.63, 3.8) is 0 Å². The maximum absolute atomic E-state index is 7.13. The minimum atomic E-state index is 0.937. The molecule has 0 spiro atoms. The van der Waals surface area contributed by atoms with Crippen molar-refractivity contribution in [1.82, 2.24) is 0 Å².